The topological polar surface area (TPSA) is 84.2 Å². The lowest BCUT2D eigenvalue weighted by Crippen LogP contribution is -2.44. The van der Waals surface area contributed by atoms with Crippen LogP contribution in [-0.2, 0) is 16.1 Å². The lowest BCUT2D eigenvalue weighted by atomic mass is 10.1. The Kier molecular flexibility index (Phi) is 4.65. The highest BCUT2D eigenvalue weighted by atomic mass is 16.6. The smallest absolute Gasteiger partial charge is 0.351 e. The van der Waals surface area contributed by atoms with E-state index in [0.29, 0.717) is 33.8 Å². The molecule has 0 aliphatic carbocycles. The number of methoxy groups -OCH3 is 1. The molecule has 1 aliphatic rings. The maximum absolute atomic E-state index is 12.6. The van der Waals surface area contributed by atoms with Gasteiger partial charge in [0.15, 0.2) is 11.5 Å². The van der Waals surface area contributed by atoms with E-state index in [4.69, 9.17) is 23.4 Å². The van der Waals surface area contributed by atoms with Gasteiger partial charge in [0.05, 0.1) is 7.11 Å². The molecule has 0 amide bonds. The number of esters is 1. The number of hydrogen-bond donors (Lipinski definition) is 0. The van der Waals surface area contributed by atoms with Crippen LogP contribution >= 0.6 is 0 Å². The van der Waals surface area contributed by atoms with Crippen molar-refractivity contribution in [1.82, 2.24) is 0 Å². The minimum absolute atomic E-state index is 0.0957. The second kappa shape index (κ2) is 7.26. The second-order valence-electron chi connectivity index (χ2n) is 6.37. The zero-order chi connectivity index (χ0) is 19.7. The first-order valence-electron chi connectivity index (χ1n) is 8.75. The lowest BCUT2D eigenvalue weighted by Gasteiger charge is -2.30. The molecule has 144 valence electrons. The second-order valence-corrected chi connectivity index (χ2v) is 6.37. The lowest BCUT2D eigenvalue weighted by molar-refractivity contribution is -0.159. The van der Waals surface area contributed by atoms with Crippen molar-refractivity contribution >= 4 is 16.9 Å². The maximum Gasteiger partial charge on any atom is 0.351 e. The van der Waals surface area contributed by atoms with Gasteiger partial charge in [0.25, 0.3) is 0 Å². The van der Waals surface area contributed by atoms with Crippen molar-refractivity contribution in [3.05, 3.63) is 64.5 Å². The average Bonchev–Trinajstić information content (AvgIpc) is 2.70. The van der Waals surface area contributed by atoms with Gasteiger partial charge in [-0.15, -0.1) is 0 Å². The molecule has 28 heavy (non-hydrogen) atoms. The Balaban J connectivity index is 1.53. The Morgan fingerprint density at radius 3 is 2.57 bits per heavy atom. The Labute approximate surface area is 160 Å². The van der Waals surface area contributed by atoms with E-state index in [1.807, 2.05) is 6.07 Å². The summed E-state index contributed by atoms with van der Waals surface area (Å²) in [6, 6.07) is 13.5. The number of carbonyl (C=O) groups is 1. The Morgan fingerprint density at radius 2 is 1.82 bits per heavy atom. The van der Waals surface area contributed by atoms with Gasteiger partial charge in [-0.3, -0.25) is 0 Å². The van der Waals surface area contributed by atoms with E-state index in [-0.39, 0.29) is 6.61 Å². The van der Waals surface area contributed by atoms with Gasteiger partial charge in [-0.1, -0.05) is 12.1 Å². The predicted molar refractivity (Wildman–Crippen MR) is 99.8 cm³/mol. The normalized spacial score (nSPS) is 17.9. The third-order valence-electron chi connectivity index (χ3n) is 4.48. The summed E-state index contributed by atoms with van der Waals surface area (Å²) in [4.78, 5) is 24.4. The molecule has 0 spiro atoms. The van der Waals surface area contributed by atoms with Crippen LogP contribution in [0.5, 0.6) is 17.2 Å². The number of ether oxygens (including phenoxy) is 4. The minimum atomic E-state index is -0.902. The number of hydrogen-bond acceptors (Lipinski definition) is 7. The first-order chi connectivity index (χ1) is 13.5. The van der Waals surface area contributed by atoms with Gasteiger partial charge >= 0.3 is 11.6 Å². The predicted octanol–water partition coefficient (Wildman–Crippen LogP) is 3.07. The fraction of sp³-hybridized carbons (Fsp3) is 0.238. The SMILES string of the molecule is COc1ccc2c(COC(=O)[C@H]3Oc4ccccc4O[C@@H]3C)cc(=O)oc2c1. The van der Waals surface area contributed by atoms with Crippen LogP contribution in [0.15, 0.2) is 57.7 Å². The summed E-state index contributed by atoms with van der Waals surface area (Å²) in [7, 11) is 1.52. The van der Waals surface area contributed by atoms with Crippen molar-refractivity contribution in [2.45, 2.75) is 25.7 Å². The van der Waals surface area contributed by atoms with Gasteiger partial charge in [-0.05, 0) is 31.2 Å². The molecular formula is C21H18O7. The van der Waals surface area contributed by atoms with E-state index in [2.05, 4.69) is 0 Å². The third-order valence-corrected chi connectivity index (χ3v) is 4.48. The Morgan fingerprint density at radius 1 is 1.07 bits per heavy atom. The molecule has 1 aliphatic heterocycles. The molecule has 1 aromatic heterocycles. The molecule has 7 nitrogen and oxygen atoms in total. The highest BCUT2D eigenvalue weighted by Gasteiger charge is 2.35. The molecule has 3 aromatic rings. The largest absolute Gasteiger partial charge is 0.497 e. The molecule has 0 unspecified atom stereocenters. The summed E-state index contributed by atoms with van der Waals surface area (Å²) in [5.74, 6) is 1.06. The number of benzene rings is 2. The summed E-state index contributed by atoms with van der Waals surface area (Å²) >= 11 is 0. The van der Waals surface area contributed by atoms with Crippen molar-refractivity contribution in [3.8, 4) is 17.2 Å². The fourth-order valence-corrected chi connectivity index (χ4v) is 3.07. The van der Waals surface area contributed by atoms with E-state index in [1.165, 1.54) is 13.2 Å². The molecule has 4 rings (SSSR count). The van der Waals surface area contributed by atoms with Crippen molar-refractivity contribution in [1.29, 1.82) is 0 Å². The summed E-state index contributed by atoms with van der Waals surface area (Å²) in [6.07, 6.45) is -1.41. The zero-order valence-corrected chi connectivity index (χ0v) is 15.3. The van der Waals surface area contributed by atoms with Gasteiger partial charge in [-0.25, -0.2) is 9.59 Å². The maximum atomic E-state index is 12.6. The third kappa shape index (κ3) is 3.38. The average molecular weight is 382 g/mol. The quantitative estimate of drug-likeness (QED) is 0.506. The number of carbonyl (C=O) groups excluding carboxylic acids is 1. The Bertz CT molecular complexity index is 1090. The molecule has 0 radical (unpaired) electrons. The molecule has 0 bridgehead atoms. The van der Waals surface area contributed by atoms with E-state index < -0.39 is 23.8 Å². The van der Waals surface area contributed by atoms with Crippen molar-refractivity contribution in [3.63, 3.8) is 0 Å². The summed E-state index contributed by atoms with van der Waals surface area (Å²) in [6.45, 7) is 1.64. The van der Waals surface area contributed by atoms with Crippen molar-refractivity contribution in [2.24, 2.45) is 0 Å². The highest BCUT2D eigenvalue weighted by Crippen LogP contribution is 2.34. The first-order valence-corrected chi connectivity index (χ1v) is 8.75. The van der Waals surface area contributed by atoms with E-state index in [9.17, 15) is 9.59 Å². The van der Waals surface area contributed by atoms with Crippen LogP contribution in [0.2, 0.25) is 0 Å². The van der Waals surface area contributed by atoms with Gasteiger partial charge in [0.2, 0.25) is 6.10 Å². The van der Waals surface area contributed by atoms with Gasteiger partial charge in [-0.2, -0.15) is 0 Å². The molecule has 0 N–H and O–H groups in total. The van der Waals surface area contributed by atoms with E-state index in [0.717, 1.165) is 0 Å². The molecule has 0 saturated heterocycles. The minimum Gasteiger partial charge on any atom is -0.497 e. The van der Waals surface area contributed by atoms with Crippen LogP contribution in [0.25, 0.3) is 11.0 Å². The standard InChI is InChI=1S/C21H18O7/c1-12-20(28-17-6-4-3-5-16(17)26-12)21(23)25-11-13-9-19(22)27-18-10-14(24-2)7-8-15(13)18/h3-10,12,20H,11H2,1-2H3/t12-,20+/m1/s1. The van der Waals surface area contributed by atoms with E-state index >= 15 is 0 Å². The van der Waals surface area contributed by atoms with Crippen molar-refractivity contribution in [2.75, 3.05) is 7.11 Å². The van der Waals surface area contributed by atoms with Crippen LogP contribution in [0.3, 0.4) is 0 Å². The molecule has 7 heteroatoms. The van der Waals surface area contributed by atoms with Gasteiger partial charge in [0, 0.05) is 23.1 Å². The number of fused-ring (bicyclic) bond motifs is 2. The molecule has 2 atom stereocenters. The van der Waals surface area contributed by atoms with Gasteiger partial charge in [0.1, 0.15) is 24.0 Å². The van der Waals surface area contributed by atoms with Crippen molar-refractivity contribution < 1.29 is 28.2 Å². The van der Waals surface area contributed by atoms with E-state index in [1.54, 1.807) is 43.3 Å². The van der Waals surface area contributed by atoms with Crippen LogP contribution in [0.1, 0.15) is 12.5 Å². The monoisotopic (exact) mass is 382 g/mol. The molecule has 0 saturated carbocycles. The summed E-state index contributed by atoms with van der Waals surface area (Å²) in [5, 5.41) is 0.660. The van der Waals surface area contributed by atoms with Gasteiger partial charge < -0.3 is 23.4 Å². The zero-order valence-electron chi connectivity index (χ0n) is 15.3. The van der Waals surface area contributed by atoms with Crippen LogP contribution in [0.4, 0.5) is 0 Å². The molecule has 0 fully saturated rings. The molecule has 2 aromatic carbocycles. The first kappa shape index (κ1) is 17.9. The van der Waals surface area contributed by atoms with Crippen LogP contribution in [0, 0.1) is 0 Å². The fourth-order valence-electron chi connectivity index (χ4n) is 3.07. The highest BCUT2D eigenvalue weighted by molar-refractivity contribution is 5.82. The Hall–Kier alpha value is -3.48. The van der Waals surface area contributed by atoms with Crippen LogP contribution in [-0.4, -0.2) is 25.3 Å². The summed E-state index contributed by atoms with van der Waals surface area (Å²) in [5.41, 5.74) is 0.357. The number of rotatable bonds is 4. The molecular weight excluding hydrogens is 364 g/mol. The summed E-state index contributed by atoms with van der Waals surface area (Å²) < 4.78 is 27.2. The van der Waals surface area contributed by atoms with Crippen LogP contribution < -0.4 is 19.8 Å². The number of para-hydroxylation sites is 2. The molecule has 2 heterocycles.